The normalized spacial score (nSPS) is 10.5. The zero-order valence-corrected chi connectivity index (χ0v) is 16.9. The number of nitrogens with zero attached hydrogens (tertiary/aromatic N) is 2. The van der Waals surface area contributed by atoms with Gasteiger partial charge in [-0.3, -0.25) is 10.1 Å². The molecule has 9 nitrogen and oxygen atoms in total. The molecule has 3 aromatic rings. The molecule has 0 fully saturated rings. The van der Waals surface area contributed by atoms with Gasteiger partial charge >= 0.3 is 0 Å². The molecule has 31 heavy (non-hydrogen) atoms. The fraction of sp³-hybridized carbons (Fsp3) is 0.182. The summed E-state index contributed by atoms with van der Waals surface area (Å²) in [5, 5.41) is 36.1. The average molecular weight is 423 g/mol. The Balaban J connectivity index is 1.85. The Morgan fingerprint density at radius 1 is 0.871 bits per heavy atom. The van der Waals surface area contributed by atoms with Gasteiger partial charge in [0.1, 0.15) is 5.69 Å². The first-order valence-corrected chi connectivity index (χ1v) is 9.75. The largest absolute Gasteiger partial charge is 0.397 e. The van der Waals surface area contributed by atoms with Gasteiger partial charge in [0.15, 0.2) is 0 Å². The van der Waals surface area contributed by atoms with E-state index < -0.39 is 4.92 Å². The van der Waals surface area contributed by atoms with Crippen LogP contribution in [0.2, 0.25) is 0 Å². The molecule has 0 aliphatic rings. The molecule has 0 spiro atoms. The van der Waals surface area contributed by atoms with Crippen molar-refractivity contribution >= 4 is 39.8 Å². The van der Waals surface area contributed by atoms with Crippen LogP contribution in [0.3, 0.4) is 0 Å². The monoisotopic (exact) mass is 423 g/mol. The molecule has 0 saturated carbocycles. The molecule has 3 aromatic carbocycles. The summed E-state index contributed by atoms with van der Waals surface area (Å²) in [7, 11) is 0. The summed E-state index contributed by atoms with van der Waals surface area (Å²) < 4.78 is 0. The summed E-state index contributed by atoms with van der Waals surface area (Å²) in [6, 6.07) is 19.5. The zero-order valence-electron chi connectivity index (χ0n) is 16.9. The first-order chi connectivity index (χ1) is 15.0. The predicted molar refractivity (Wildman–Crippen MR) is 123 cm³/mol. The number of nitro groups is 1. The zero-order chi connectivity index (χ0) is 22.2. The number of para-hydroxylation sites is 1. The van der Waals surface area contributed by atoms with E-state index in [4.69, 9.17) is 5.73 Å². The van der Waals surface area contributed by atoms with Crippen LogP contribution in [0.4, 0.5) is 39.8 Å². The second kappa shape index (κ2) is 10.3. The molecule has 0 heterocycles. The van der Waals surface area contributed by atoms with Gasteiger partial charge in [0, 0.05) is 36.2 Å². The van der Waals surface area contributed by atoms with Crippen molar-refractivity contribution in [1.29, 1.82) is 0 Å². The van der Waals surface area contributed by atoms with Crippen LogP contribution in [0.15, 0.2) is 66.7 Å². The second-order valence-electron chi connectivity index (χ2n) is 6.81. The van der Waals surface area contributed by atoms with E-state index in [1.54, 1.807) is 6.07 Å². The van der Waals surface area contributed by atoms with E-state index in [0.717, 1.165) is 17.1 Å². The number of hydrogen-bond acceptors (Lipinski definition) is 8. The van der Waals surface area contributed by atoms with Crippen LogP contribution in [-0.2, 0) is 0 Å². The van der Waals surface area contributed by atoms with E-state index in [9.17, 15) is 20.3 Å². The molecule has 0 atom stereocenters. The van der Waals surface area contributed by atoms with Gasteiger partial charge in [-0.15, -0.1) is 0 Å². The molecule has 0 aliphatic carbocycles. The number of rotatable bonds is 10. The first-order valence-electron chi connectivity index (χ1n) is 9.75. The number of aliphatic hydroxyl groups is 2. The lowest BCUT2D eigenvalue weighted by Crippen LogP contribution is -2.29. The highest BCUT2D eigenvalue weighted by molar-refractivity contribution is 5.84. The first kappa shape index (κ1) is 21.9. The van der Waals surface area contributed by atoms with Crippen molar-refractivity contribution in [2.75, 3.05) is 47.6 Å². The van der Waals surface area contributed by atoms with E-state index >= 15 is 0 Å². The van der Waals surface area contributed by atoms with Gasteiger partial charge < -0.3 is 31.5 Å². The molecule has 0 amide bonds. The molecule has 6 N–H and O–H groups in total. The molecular formula is C22H25N5O4. The number of nitro benzene ring substituents is 1. The molecule has 0 saturated heterocycles. The van der Waals surface area contributed by atoms with Gasteiger partial charge in [0.2, 0.25) is 0 Å². The third-order valence-electron chi connectivity index (χ3n) is 4.67. The summed E-state index contributed by atoms with van der Waals surface area (Å²) >= 11 is 0. The summed E-state index contributed by atoms with van der Waals surface area (Å²) in [6.07, 6.45) is 0. The van der Waals surface area contributed by atoms with Gasteiger partial charge in [-0.05, 0) is 42.5 Å². The van der Waals surface area contributed by atoms with Gasteiger partial charge in [-0.2, -0.15) is 0 Å². The minimum atomic E-state index is -0.475. The van der Waals surface area contributed by atoms with Crippen LogP contribution < -0.4 is 21.3 Å². The Labute approximate surface area is 179 Å². The van der Waals surface area contributed by atoms with Gasteiger partial charge in [-0.25, -0.2) is 0 Å². The third-order valence-corrected chi connectivity index (χ3v) is 4.67. The van der Waals surface area contributed by atoms with Crippen LogP contribution in [0.1, 0.15) is 0 Å². The van der Waals surface area contributed by atoms with Crippen molar-refractivity contribution in [2.45, 2.75) is 0 Å². The highest BCUT2D eigenvalue weighted by Gasteiger charge is 2.18. The number of nitrogens with two attached hydrogens (primary N) is 1. The number of anilines is 6. The Morgan fingerprint density at radius 3 is 2.03 bits per heavy atom. The quantitative estimate of drug-likeness (QED) is 0.190. The van der Waals surface area contributed by atoms with Gasteiger partial charge in [0.05, 0.1) is 29.5 Å². The minimum Gasteiger partial charge on any atom is -0.397 e. The maximum atomic E-state index is 11.5. The van der Waals surface area contributed by atoms with Crippen molar-refractivity contribution in [3.05, 3.63) is 76.8 Å². The topological polar surface area (TPSA) is 137 Å². The minimum absolute atomic E-state index is 0.0173. The van der Waals surface area contributed by atoms with E-state index in [0.29, 0.717) is 24.5 Å². The molecule has 9 heteroatoms. The van der Waals surface area contributed by atoms with Crippen LogP contribution in [0.5, 0.6) is 0 Å². The predicted octanol–water partition coefficient (Wildman–Crippen LogP) is 3.46. The SMILES string of the molecule is Nc1cc([N+](=O)[O-])c(Nc2ccccc2)cc1Nc1ccc(N(CCO)CCO)cc1. The van der Waals surface area contributed by atoms with Crippen LogP contribution in [-0.4, -0.2) is 41.4 Å². The van der Waals surface area contributed by atoms with Crippen molar-refractivity contribution in [3.63, 3.8) is 0 Å². The van der Waals surface area contributed by atoms with E-state index in [1.165, 1.54) is 6.07 Å². The molecule has 0 bridgehead atoms. The Hall–Kier alpha value is -3.82. The highest BCUT2D eigenvalue weighted by Crippen LogP contribution is 2.36. The molecule has 0 unspecified atom stereocenters. The lowest BCUT2D eigenvalue weighted by molar-refractivity contribution is -0.383. The lowest BCUT2D eigenvalue weighted by atomic mass is 10.1. The number of hydrogen-bond donors (Lipinski definition) is 5. The maximum absolute atomic E-state index is 11.5. The van der Waals surface area contributed by atoms with Crippen LogP contribution in [0, 0.1) is 10.1 Å². The van der Waals surface area contributed by atoms with E-state index in [2.05, 4.69) is 10.6 Å². The second-order valence-corrected chi connectivity index (χ2v) is 6.81. The number of nitrogen functional groups attached to an aromatic ring is 1. The van der Waals surface area contributed by atoms with E-state index in [-0.39, 0.29) is 24.6 Å². The molecular weight excluding hydrogens is 398 g/mol. The van der Waals surface area contributed by atoms with Gasteiger partial charge in [0.25, 0.3) is 5.69 Å². The third kappa shape index (κ3) is 5.62. The molecule has 0 aromatic heterocycles. The summed E-state index contributed by atoms with van der Waals surface area (Å²) in [5.74, 6) is 0. The Morgan fingerprint density at radius 2 is 1.45 bits per heavy atom. The summed E-state index contributed by atoms with van der Waals surface area (Å²) in [4.78, 5) is 12.9. The average Bonchev–Trinajstić information content (AvgIpc) is 2.77. The van der Waals surface area contributed by atoms with Crippen molar-refractivity contribution in [2.24, 2.45) is 0 Å². The van der Waals surface area contributed by atoms with Crippen molar-refractivity contribution in [3.8, 4) is 0 Å². The smallest absolute Gasteiger partial charge is 0.294 e. The number of aliphatic hydroxyl groups excluding tert-OH is 2. The molecule has 3 rings (SSSR count). The van der Waals surface area contributed by atoms with Crippen LogP contribution >= 0.6 is 0 Å². The fourth-order valence-corrected chi connectivity index (χ4v) is 3.16. The number of nitrogens with one attached hydrogen (secondary N) is 2. The summed E-state index contributed by atoms with van der Waals surface area (Å²) in [6.45, 7) is 0.793. The fourth-order valence-electron chi connectivity index (χ4n) is 3.16. The lowest BCUT2D eigenvalue weighted by Gasteiger charge is -2.23. The number of benzene rings is 3. The van der Waals surface area contributed by atoms with Crippen molar-refractivity contribution in [1.82, 2.24) is 0 Å². The van der Waals surface area contributed by atoms with E-state index in [1.807, 2.05) is 59.5 Å². The molecule has 0 radical (unpaired) electrons. The maximum Gasteiger partial charge on any atom is 0.294 e. The van der Waals surface area contributed by atoms with Crippen LogP contribution in [0.25, 0.3) is 0 Å². The standard InChI is InChI=1S/C22H25N5O4/c23-19-14-22(27(30)31)21(25-16-4-2-1-3-5-16)15-20(19)24-17-6-8-18(9-7-17)26(10-12-28)11-13-29/h1-9,14-15,24-25,28-29H,10-13,23H2. The Kier molecular flexibility index (Phi) is 7.26. The molecule has 0 aliphatic heterocycles. The summed E-state index contributed by atoms with van der Waals surface area (Å²) in [5.41, 5.74) is 9.36. The van der Waals surface area contributed by atoms with Gasteiger partial charge in [-0.1, -0.05) is 18.2 Å². The molecule has 162 valence electrons. The highest BCUT2D eigenvalue weighted by atomic mass is 16.6. The van der Waals surface area contributed by atoms with Crippen molar-refractivity contribution < 1.29 is 15.1 Å². The Bertz CT molecular complexity index is 1010.